The van der Waals surface area contributed by atoms with Crippen LogP contribution in [0.15, 0.2) is 12.1 Å². The van der Waals surface area contributed by atoms with Crippen molar-refractivity contribution >= 4 is 0 Å². The Labute approximate surface area is 150 Å². The second-order valence-corrected chi connectivity index (χ2v) is 6.75. The molecule has 0 aromatic heterocycles. The van der Waals surface area contributed by atoms with Gasteiger partial charge < -0.3 is 29.6 Å². The van der Waals surface area contributed by atoms with Crippen molar-refractivity contribution in [3.8, 4) is 17.2 Å². The molecule has 1 aromatic rings. The van der Waals surface area contributed by atoms with Crippen molar-refractivity contribution in [1.29, 1.82) is 0 Å². The number of hydrogen-bond donors (Lipinski definition) is 2. The van der Waals surface area contributed by atoms with Gasteiger partial charge in [-0.3, -0.25) is 0 Å². The number of nitrogens with one attached hydrogen (secondary N) is 2. The Hall–Kier alpha value is -1.50. The quantitative estimate of drug-likeness (QED) is 0.784. The van der Waals surface area contributed by atoms with Gasteiger partial charge in [-0.15, -0.1) is 0 Å². The Balaban J connectivity index is 1.66. The summed E-state index contributed by atoms with van der Waals surface area (Å²) in [6.45, 7) is 3.39. The third-order valence-corrected chi connectivity index (χ3v) is 5.33. The first-order valence-electron chi connectivity index (χ1n) is 9.10. The predicted molar refractivity (Wildman–Crippen MR) is 96.7 cm³/mol. The first kappa shape index (κ1) is 18.3. The molecule has 1 aliphatic carbocycles. The van der Waals surface area contributed by atoms with Gasteiger partial charge in [-0.25, -0.2) is 0 Å². The third-order valence-electron chi connectivity index (χ3n) is 5.33. The Kier molecular flexibility index (Phi) is 6.39. The van der Waals surface area contributed by atoms with Gasteiger partial charge >= 0.3 is 0 Å². The van der Waals surface area contributed by atoms with Crippen molar-refractivity contribution in [3.63, 3.8) is 0 Å². The average Bonchev–Trinajstić information content (AvgIpc) is 3.14. The zero-order valence-electron chi connectivity index (χ0n) is 15.5. The van der Waals surface area contributed by atoms with Crippen LogP contribution in [0, 0.1) is 5.92 Å². The van der Waals surface area contributed by atoms with Gasteiger partial charge in [-0.2, -0.15) is 0 Å². The minimum atomic E-state index is 0.466. The number of rotatable bonds is 7. The van der Waals surface area contributed by atoms with Crippen molar-refractivity contribution < 1.29 is 18.9 Å². The maximum Gasteiger partial charge on any atom is 0.203 e. The van der Waals surface area contributed by atoms with Crippen LogP contribution in [-0.4, -0.2) is 53.2 Å². The standard InChI is InChI=1S/C19H30N2O4/c1-22-17-9-13(10-18(23-2)19(17)24-3)11-21-15-6-4-5-14(15)16-12-25-8-7-20-16/h9-10,14-16,20-21H,4-8,11-12H2,1-3H3. The minimum absolute atomic E-state index is 0.466. The number of benzene rings is 1. The maximum atomic E-state index is 5.65. The van der Waals surface area contributed by atoms with Crippen molar-refractivity contribution in [3.05, 3.63) is 17.7 Å². The van der Waals surface area contributed by atoms with Crippen molar-refractivity contribution in [2.45, 2.75) is 37.9 Å². The highest BCUT2D eigenvalue weighted by Crippen LogP contribution is 2.38. The summed E-state index contributed by atoms with van der Waals surface area (Å²) >= 11 is 0. The van der Waals surface area contributed by atoms with Crippen molar-refractivity contribution in [2.24, 2.45) is 5.92 Å². The molecular formula is C19H30N2O4. The number of morpholine rings is 1. The Bertz CT molecular complexity index is 535. The van der Waals surface area contributed by atoms with Crippen molar-refractivity contribution in [2.75, 3.05) is 41.1 Å². The fourth-order valence-electron chi connectivity index (χ4n) is 4.07. The van der Waals surface area contributed by atoms with E-state index in [1.807, 2.05) is 12.1 Å². The van der Waals surface area contributed by atoms with Gasteiger partial charge in [0.05, 0.1) is 34.5 Å². The summed E-state index contributed by atoms with van der Waals surface area (Å²) in [6, 6.07) is 5.01. The summed E-state index contributed by atoms with van der Waals surface area (Å²) in [4.78, 5) is 0. The summed E-state index contributed by atoms with van der Waals surface area (Å²) < 4.78 is 21.9. The lowest BCUT2D eigenvalue weighted by Crippen LogP contribution is -2.50. The molecule has 2 N–H and O–H groups in total. The largest absolute Gasteiger partial charge is 0.493 e. The molecule has 0 spiro atoms. The molecule has 1 heterocycles. The minimum Gasteiger partial charge on any atom is -0.493 e. The van der Waals surface area contributed by atoms with Gasteiger partial charge in [0.15, 0.2) is 11.5 Å². The van der Waals surface area contributed by atoms with E-state index in [4.69, 9.17) is 18.9 Å². The lowest BCUT2D eigenvalue weighted by Gasteiger charge is -2.33. The maximum absolute atomic E-state index is 5.65. The molecule has 3 rings (SSSR count). The Morgan fingerprint density at radius 3 is 2.48 bits per heavy atom. The molecule has 6 heteroatoms. The fraction of sp³-hybridized carbons (Fsp3) is 0.684. The van der Waals surface area contributed by atoms with Gasteiger partial charge in [0.25, 0.3) is 0 Å². The monoisotopic (exact) mass is 350 g/mol. The zero-order chi connectivity index (χ0) is 17.6. The topological polar surface area (TPSA) is 61.0 Å². The van der Waals surface area contributed by atoms with E-state index < -0.39 is 0 Å². The van der Waals surface area contributed by atoms with Gasteiger partial charge in [-0.05, 0) is 36.5 Å². The van der Waals surface area contributed by atoms with E-state index in [1.54, 1.807) is 21.3 Å². The molecule has 2 aliphatic rings. The second-order valence-electron chi connectivity index (χ2n) is 6.75. The van der Waals surface area contributed by atoms with E-state index in [9.17, 15) is 0 Å². The Morgan fingerprint density at radius 1 is 1.12 bits per heavy atom. The molecule has 140 valence electrons. The van der Waals surface area contributed by atoms with Crippen LogP contribution in [0.2, 0.25) is 0 Å². The summed E-state index contributed by atoms with van der Waals surface area (Å²) in [7, 11) is 4.92. The lowest BCUT2D eigenvalue weighted by atomic mass is 9.94. The Morgan fingerprint density at radius 2 is 1.88 bits per heavy atom. The van der Waals surface area contributed by atoms with Crippen LogP contribution in [0.5, 0.6) is 17.2 Å². The van der Waals surface area contributed by atoms with Crippen LogP contribution >= 0.6 is 0 Å². The van der Waals surface area contributed by atoms with Crippen LogP contribution in [0.4, 0.5) is 0 Å². The van der Waals surface area contributed by atoms with Crippen LogP contribution in [0.25, 0.3) is 0 Å². The molecule has 1 aliphatic heterocycles. The van der Waals surface area contributed by atoms with Crippen LogP contribution in [0.1, 0.15) is 24.8 Å². The van der Waals surface area contributed by atoms with E-state index in [-0.39, 0.29) is 0 Å². The predicted octanol–water partition coefficient (Wildman–Crippen LogP) is 1.96. The van der Waals surface area contributed by atoms with Gasteiger partial charge in [0.1, 0.15) is 0 Å². The summed E-state index contributed by atoms with van der Waals surface area (Å²) in [5.41, 5.74) is 1.13. The van der Waals surface area contributed by atoms with E-state index in [2.05, 4.69) is 10.6 Å². The molecule has 6 nitrogen and oxygen atoms in total. The second kappa shape index (κ2) is 8.74. The molecule has 1 saturated carbocycles. The molecule has 0 radical (unpaired) electrons. The lowest BCUT2D eigenvalue weighted by molar-refractivity contribution is 0.0524. The van der Waals surface area contributed by atoms with Gasteiger partial charge in [-0.1, -0.05) is 6.42 Å². The molecule has 2 fully saturated rings. The average molecular weight is 350 g/mol. The van der Waals surface area contributed by atoms with Gasteiger partial charge in [0, 0.05) is 25.2 Å². The molecule has 25 heavy (non-hydrogen) atoms. The third kappa shape index (κ3) is 4.19. The van der Waals surface area contributed by atoms with E-state index in [1.165, 1.54) is 19.3 Å². The molecule has 1 aromatic carbocycles. The fourth-order valence-corrected chi connectivity index (χ4v) is 4.07. The van der Waals surface area contributed by atoms with Crippen LogP contribution in [-0.2, 0) is 11.3 Å². The van der Waals surface area contributed by atoms with Crippen molar-refractivity contribution in [1.82, 2.24) is 10.6 Å². The van der Waals surface area contributed by atoms with E-state index in [0.29, 0.717) is 35.3 Å². The SMILES string of the molecule is COc1cc(CNC2CCCC2C2COCCN2)cc(OC)c1OC. The normalized spacial score (nSPS) is 26.4. The molecule has 3 atom stereocenters. The van der Waals surface area contributed by atoms with Crippen LogP contribution in [0.3, 0.4) is 0 Å². The highest BCUT2D eigenvalue weighted by molar-refractivity contribution is 5.53. The number of methoxy groups -OCH3 is 3. The molecular weight excluding hydrogens is 320 g/mol. The number of ether oxygens (including phenoxy) is 4. The highest BCUT2D eigenvalue weighted by Gasteiger charge is 2.34. The molecule has 1 saturated heterocycles. The summed E-state index contributed by atoms with van der Waals surface area (Å²) in [6.07, 6.45) is 3.75. The van der Waals surface area contributed by atoms with E-state index >= 15 is 0 Å². The molecule has 3 unspecified atom stereocenters. The van der Waals surface area contributed by atoms with Gasteiger partial charge in [0.2, 0.25) is 5.75 Å². The smallest absolute Gasteiger partial charge is 0.203 e. The van der Waals surface area contributed by atoms with E-state index in [0.717, 1.165) is 31.9 Å². The summed E-state index contributed by atoms with van der Waals surface area (Å²) in [5, 5.41) is 7.36. The first-order chi connectivity index (χ1) is 12.3. The number of hydrogen-bond acceptors (Lipinski definition) is 6. The molecule has 0 bridgehead atoms. The first-order valence-corrected chi connectivity index (χ1v) is 9.10. The zero-order valence-corrected chi connectivity index (χ0v) is 15.5. The molecule has 0 amide bonds. The highest BCUT2D eigenvalue weighted by atomic mass is 16.5. The van der Waals surface area contributed by atoms with Crippen LogP contribution < -0.4 is 24.8 Å². The summed E-state index contributed by atoms with van der Waals surface area (Å²) in [5.74, 6) is 2.66.